The van der Waals surface area contributed by atoms with Crippen LogP contribution >= 0.6 is 0 Å². The first-order valence-electron chi connectivity index (χ1n) is 5.71. The standard InChI is InChI=1S/C12H19N3/c1-8-11(7-13-3)9(2)15-12(14-8)10-5-4-6-10/h10,13H,4-7H2,1-3H3. The van der Waals surface area contributed by atoms with Gasteiger partial charge in [-0.15, -0.1) is 0 Å². The van der Waals surface area contributed by atoms with Crippen LogP contribution in [0.3, 0.4) is 0 Å². The number of aromatic nitrogens is 2. The van der Waals surface area contributed by atoms with Crippen molar-refractivity contribution in [1.29, 1.82) is 0 Å². The molecule has 3 nitrogen and oxygen atoms in total. The van der Waals surface area contributed by atoms with Crippen LogP contribution in [0.1, 0.15) is 48.0 Å². The van der Waals surface area contributed by atoms with Crippen LogP contribution in [0.5, 0.6) is 0 Å². The number of rotatable bonds is 3. The quantitative estimate of drug-likeness (QED) is 0.821. The van der Waals surface area contributed by atoms with Gasteiger partial charge in [0.1, 0.15) is 5.82 Å². The molecule has 0 amide bonds. The topological polar surface area (TPSA) is 37.8 Å². The fourth-order valence-corrected chi connectivity index (χ4v) is 2.05. The average molecular weight is 205 g/mol. The molecule has 3 heteroatoms. The first-order valence-corrected chi connectivity index (χ1v) is 5.71. The van der Waals surface area contributed by atoms with E-state index in [1.165, 1.54) is 24.8 Å². The molecule has 0 unspecified atom stereocenters. The molecular weight excluding hydrogens is 186 g/mol. The van der Waals surface area contributed by atoms with Crippen molar-refractivity contribution in [2.45, 2.75) is 45.6 Å². The van der Waals surface area contributed by atoms with E-state index < -0.39 is 0 Å². The van der Waals surface area contributed by atoms with Gasteiger partial charge in [-0.05, 0) is 33.7 Å². The Morgan fingerprint density at radius 1 is 1.20 bits per heavy atom. The molecule has 1 aromatic heterocycles. The summed E-state index contributed by atoms with van der Waals surface area (Å²) in [4.78, 5) is 9.25. The third-order valence-electron chi connectivity index (χ3n) is 3.26. The van der Waals surface area contributed by atoms with Crippen LogP contribution in [0.15, 0.2) is 0 Å². The van der Waals surface area contributed by atoms with E-state index in [0.29, 0.717) is 5.92 Å². The molecule has 1 aromatic rings. The minimum absolute atomic E-state index is 0.631. The molecule has 0 aliphatic heterocycles. The van der Waals surface area contributed by atoms with Gasteiger partial charge in [0.15, 0.2) is 0 Å². The summed E-state index contributed by atoms with van der Waals surface area (Å²) < 4.78 is 0. The van der Waals surface area contributed by atoms with Crippen molar-refractivity contribution in [3.05, 3.63) is 22.8 Å². The summed E-state index contributed by atoms with van der Waals surface area (Å²) in [6.45, 7) is 5.04. The second-order valence-electron chi connectivity index (χ2n) is 4.39. The van der Waals surface area contributed by atoms with E-state index in [1.54, 1.807) is 0 Å². The zero-order valence-corrected chi connectivity index (χ0v) is 9.80. The van der Waals surface area contributed by atoms with E-state index in [-0.39, 0.29) is 0 Å². The molecule has 0 spiro atoms. The summed E-state index contributed by atoms with van der Waals surface area (Å²) in [6.07, 6.45) is 3.87. The average Bonchev–Trinajstić information content (AvgIpc) is 2.08. The molecule has 0 aromatic carbocycles. The Morgan fingerprint density at radius 3 is 2.20 bits per heavy atom. The number of hydrogen-bond donors (Lipinski definition) is 1. The second-order valence-corrected chi connectivity index (χ2v) is 4.39. The van der Waals surface area contributed by atoms with E-state index in [0.717, 1.165) is 23.8 Å². The molecule has 1 heterocycles. The van der Waals surface area contributed by atoms with Crippen molar-refractivity contribution < 1.29 is 0 Å². The smallest absolute Gasteiger partial charge is 0.131 e. The summed E-state index contributed by atoms with van der Waals surface area (Å²) in [5.74, 6) is 1.70. The summed E-state index contributed by atoms with van der Waals surface area (Å²) >= 11 is 0. The lowest BCUT2D eigenvalue weighted by molar-refractivity contribution is 0.399. The Balaban J connectivity index is 2.29. The highest BCUT2D eigenvalue weighted by Gasteiger charge is 2.23. The molecule has 0 bridgehead atoms. The van der Waals surface area contributed by atoms with Gasteiger partial charge in [0, 0.05) is 29.4 Å². The molecule has 2 rings (SSSR count). The molecule has 1 aliphatic rings. The van der Waals surface area contributed by atoms with E-state index in [4.69, 9.17) is 0 Å². The van der Waals surface area contributed by atoms with Gasteiger partial charge in [0.25, 0.3) is 0 Å². The number of nitrogens with one attached hydrogen (secondary N) is 1. The van der Waals surface area contributed by atoms with Crippen LogP contribution in [-0.4, -0.2) is 17.0 Å². The summed E-state index contributed by atoms with van der Waals surface area (Å²) in [6, 6.07) is 0. The minimum atomic E-state index is 0.631. The monoisotopic (exact) mass is 205 g/mol. The van der Waals surface area contributed by atoms with Gasteiger partial charge in [-0.25, -0.2) is 9.97 Å². The summed E-state index contributed by atoms with van der Waals surface area (Å²) in [5, 5.41) is 3.16. The van der Waals surface area contributed by atoms with E-state index in [2.05, 4.69) is 29.1 Å². The maximum Gasteiger partial charge on any atom is 0.131 e. The van der Waals surface area contributed by atoms with Crippen LogP contribution in [0.25, 0.3) is 0 Å². The Kier molecular flexibility index (Phi) is 3.00. The maximum atomic E-state index is 4.62. The largest absolute Gasteiger partial charge is 0.316 e. The predicted octanol–water partition coefficient (Wildman–Crippen LogP) is 2.08. The van der Waals surface area contributed by atoms with Crippen LogP contribution in [-0.2, 0) is 6.54 Å². The normalized spacial score (nSPS) is 16.5. The minimum Gasteiger partial charge on any atom is -0.316 e. The summed E-state index contributed by atoms with van der Waals surface area (Å²) in [7, 11) is 1.96. The van der Waals surface area contributed by atoms with Crippen LogP contribution in [0.4, 0.5) is 0 Å². The third-order valence-corrected chi connectivity index (χ3v) is 3.26. The fraction of sp³-hybridized carbons (Fsp3) is 0.667. The second kappa shape index (κ2) is 4.27. The zero-order chi connectivity index (χ0) is 10.8. The molecule has 0 atom stereocenters. The highest BCUT2D eigenvalue weighted by molar-refractivity contribution is 5.25. The fourth-order valence-electron chi connectivity index (χ4n) is 2.05. The van der Waals surface area contributed by atoms with Crippen molar-refractivity contribution >= 4 is 0 Å². The molecule has 0 radical (unpaired) electrons. The zero-order valence-electron chi connectivity index (χ0n) is 9.80. The van der Waals surface area contributed by atoms with Crippen molar-refractivity contribution in [2.24, 2.45) is 0 Å². The maximum absolute atomic E-state index is 4.62. The van der Waals surface area contributed by atoms with E-state index in [9.17, 15) is 0 Å². The van der Waals surface area contributed by atoms with Gasteiger partial charge in [-0.1, -0.05) is 6.42 Å². The van der Waals surface area contributed by atoms with Gasteiger partial charge >= 0.3 is 0 Å². The Labute approximate surface area is 91.3 Å². The predicted molar refractivity (Wildman–Crippen MR) is 60.9 cm³/mol. The lowest BCUT2D eigenvalue weighted by atomic mass is 9.84. The lowest BCUT2D eigenvalue weighted by Crippen LogP contribution is -2.17. The van der Waals surface area contributed by atoms with Gasteiger partial charge < -0.3 is 5.32 Å². The van der Waals surface area contributed by atoms with Crippen molar-refractivity contribution in [2.75, 3.05) is 7.05 Å². The summed E-state index contributed by atoms with van der Waals surface area (Å²) in [5.41, 5.74) is 3.53. The molecule has 1 N–H and O–H groups in total. The van der Waals surface area contributed by atoms with Gasteiger partial charge in [-0.3, -0.25) is 0 Å². The molecule has 1 saturated carbocycles. The van der Waals surface area contributed by atoms with Crippen LogP contribution in [0, 0.1) is 13.8 Å². The SMILES string of the molecule is CNCc1c(C)nc(C2CCC2)nc1C. The molecule has 82 valence electrons. The Morgan fingerprint density at radius 2 is 1.80 bits per heavy atom. The number of aryl methyl sites for hydroxylation is 2. The van der Waals surface area contributed by atoms with E-state index >= 15 is 0 Å². The van der Waals surface area contributed by atoms with E-state index in [1.807, 2.05) is 7.05 Å². The Bertz CT molecular complexity index is 333. The highest BCUT2D eigenvalue weighted by atomic mass is 14.9. The molecular formula is C12H19N3. The third kappa shape index (κ3) is 2.02. The molecule has 1 aliphatic carbocycles. The van der Waals surface area contributed by atoms with Crippen LogP contribution < -0.4 is 5.32 Å². The van der Waals surface area contributed by atoms with Crippen LogP contribution in [0.2, 0.25) is 0 Å². The van der Waals surface area contributed by atoms with Gasteiger partial charge in [-0.2, -0.15) is 0 Å². The van der Waals surface area contributed by atoms with Crippen molar-refractivity contribution in [3.8, 4) is 0 Å². The van der Waals surface area contributed by atoms with Gasteiger partial charge in [0.05, 0.1) is 0 Å². The van der Waals surface area contributed by atoms with Gasteiger partial charge in [0.2, 0.25) is 0 Å². The Hall–Kier alpha value is -0.960. The molecule has 0 saturated heterocycles. The van der Waals surface area contributed by atoms with Crippen molar-refractivity contribution in [1.82, 2.24) is 15.3 Å². The number of nitrogens with zero attached hydrogens (tertiary/aromatic N) is 2. The number of hydrogen-bond acceptors (Lipinski definition) is 3. The molecule has 15 heavy (non-hydrogen) atoms. The van der Waals surface area contributed by atoms with Crippen molar-refractivity contribution in [3.63, 3.8) is 0 Å². The first kappa shape index (κ1) is 10.6. The first-order chi connectivity index (χ1) is 7.22. The lowest BCUT2D eigenvalue weighted by Gasteiger charge is -2.24. The highest BCUT2D eigenvalue weighted by Crippen LogP contribution is 2.34. The molecule has 1 fully saturated rings.